The van der Waals surface area contributed by atoms with Gasteiger partial charge in [0.15, 0.2) is 0 Å². The quantitative estimate of drug-likeness (QED) is 0.644. The van der Waals surface area contributed by atoms with Crippen molar-refractivity contribution in [2.45, 2.75) is 6.92 Å². The second kappa shape index (κ2) is 9.54. The molecule has 0 aromatic heterocycles. The van der Waals surface area contributed by atoms with Crippen molar-refractivity contribution in [2.75, 3.05) is 17.8 Å². The van der Waals surface area contributed by atoms with E-state index in [-0.39, 0.29) is 12.5 Å². The first kappa shape index (κ1) is 20.2. The zero-order valence-electron chi connectivity index (χ0n) is 14.8. The fourth-order valence-electron chi connectivity index (χ4n) is 2.14. The summed E-state index contributed by atoms with van der Waals surface area (Å²) in [6.45, 7) is 2.15. The Bertz CT molecular complexity index is 908. The van der Waals surface area contributed by atoms with Crippen molar-refractivity contribution < 1.29 is 18.0 Å². The van der Waals surface area contributed by atoms with Gasteiger partial charge in [0.1, 0.15) is 0 Å². The summed E-state index contributed by atoms with van der Waals surface area (Å²) >= 11 is 0. The molecule has 2 aromatic rings. The molecule has 0 heterocycles. The van der Waals surface area contributed by atoms with Crippen molar-refractivity contribution in [3.05, 3.63) is 71.1 Å². The molecular weight excluding hydrogens is 366 g/mol. The maximum Gasteiger partial charge on any atom is 0.255 e. The molecular formula is C19H21N3O4S. The normalized spacial score (nSPS) is 11.1. The molecule has 0 bridgehead atoms. The average Bonchev–Trinajstić information content (AvgIpc) is 2.66. The first-order valence-electron chi connectivity index (χ1n) is 8.30. The first-order chi connectivity index (χ1) is 12.9. The average molecular weight is 387 g/mol. The van der Waals surface area contributed by atoms with Crippen LogP contribution in [-0.2, 0) is 14.8 Å². The highest BCUT2D eigenvalue weighted by Crippen LogP contribution is 2.13. The van der Waals surface area contributed by atoms with Gasteiger partial charge in [-0.2, -0.15) is 0 Å². The molecule has 142 valence electrons. The Labute approximate surface area is 158 Å². The summed E-state index contributed by atoms with van der Waals surface area (Å²) in [5.74, 6) is -0.694. The molecule has 3 N–H and O–H groups in total. The molecule has 0 aliphatic rings. The number of rotatable bonds is 8. The van der Waals surface area contributed by atoms with Gasteiger partial charge in [-0.05, 0) is 42.8 Å². The van der Waals surface area contributed by atoms with Crippen LogP contribution in [0.5, 0.6) is 0 Å². The maximum absolute atomic E-state index is 12.1. The molecule has 7 nitrogen and oxygen atoms in total. The van der Waals surface area contributed by atoms with Crippen LogP contribution < -0.4 is 15.4 Å². The van der Waals surface area contributed by atoms with E-state index in [4.69, 9.17) is 0 Å². The van der Waals surface area contributed by atoms with Crippen LogP contribution in [0.1, 0.15) is 22.8 Å². The molecule has 0 aliphatic carbocycles. The molecule has 2 aromatic carbocycles. The molecule has 8 heteroatoms. The third-order valence-corrected chi connectivity index (χ3v) is 4.44. The van der Waals surface area contributed by atoms with Crippen molar-refractivity contribution in [1.82, 2.24) is 10.6 Å². The van der Waals surface area contributed by atoms with Crippen molar-refractivity contribution in [2.24, 2.45) is 0 Å². The predicted molar refractivity (Wildman–Crippen MR) is 105 cm³/mol. The molecule has 0 aliphatic heterocycles. The van der Waals surface area contributed by atoms with Gasteiger partial charge >= 0.3 is 0 Å². The van der Waals surface area contributed by atoms with Crippen LogP contribution in [-0.4, -0.2) is 33.3 Å². The minimum atomic E-state index is -3.68. The van der Waals surface area contributed by atoms with Gasteiger partial charge in [-0.25, -0.2) is 8.42 Å². The topological polar surface area (TPSA) is 104 Å². The number of amides is 2. The van der Waals surface area contributed by atoms with Gasteiger partial charge < -0.3 is 10.6 Å². The lowest BCUT2D eigenvalue weighted by atomic mass is 10.2. The number of likely N-dealkylation sites (N-methyl/N-ethyl adjacent to an activating group) is 1. The minimum absolute atomic E-state index is 0.120. The number of anilines is 1. The van der Waals surface area contributed by atoms with Gasteiger partial charge in [-0.1, -0.05) is 30.3 Å². The van der Waals surface area contributed by atoms with E-state index in [0.717, 1.165) is 11.0 Å². The largest absolute Gasteiger partial charge is 0.355 e. The van der Waals surface area contributed by atoms with Gasteiger partial charge in [-0.15, -0.1) is 0 Å². The molecule has 0 saturated heterocycles. The number of carbonyl (C=O) groups excluding carboxylic acids is 2. The highest BCUT2D eigenvalue weighted by Gasteiger charge is 2.09. The molecule has 2 rings (SSSR count). The van der Waals surface area contributed by atoms with E-state index in [1.165, 1.54) is 30.3 Å². The number of hydrogen-bond acceptors (Lipinski definition) is 4. The smallest absolute Gasteiger partial charge is 0.255 e. The van der Waals surface area contributed by atoms with Gasteiger partial charge in [-0.3, -0.25) is 14.3 Å². The zero-order valence-corrected chi connectivity index (χ0v) is 15.6. The van der Waals surface area contributed by atoms with Gasteiger partial charge in [0.2, 0.25) is 5.91 Å². The van der Waals surface area contributed by atoms with Crippen LogP contribution in [0.25, 0.3) is 6.08 Å². The number of nitrogens with one attached hydrogen (secondary N) is 3. The fourth-order valence-corrected chi connectivity index (χ4v) is 3.01. The van der Waals surface area contributed by atoms with Crippen LogP contribution in [0.15, 0.2) is 60.0 Å². The SMILES string of the molecule is CCNC(=O)CNC(=O)c1ccc(NS(=O)(=O)/C=C/c2ccccc2)cc1. The van der Waals surface area contributed by atoms with Crippen LogP contribution in [0.4, 0.5) is 5.69 Å². The maximum atomic E-state index is 12.1. The second-order valence-electron chi connectivity index (χ2n) is 5.57. The summed E-state index contributed by atoms with van der Waals surface area (Å²) in [5, 5.41) is 6.14. The standard InChI is InChI=1S/C19H21N3O4S/c1-2-20-18(23)14-21-19(24)16-8-10-17(11-9-16)22-27(25,26)13-12-15-6-4-3-5-7-15/h3-13,22H,2,14H2,1H3,(H,20,23)(H,21,24)/b13-12+. The summed E-state index contributed by atoms with van der Waals surface area (Å²) in [6.07, 6.45) is 1.49. The molecule has 0 saturated carbocycles. The van der Waals surface area contributed by atoms with E-state index in [2.05, 4.69) is 15.4 Å². The molecule has 2 amide bonds. The van der Waals surface area contributed by atoms with Crippen LogP contribution in [0.3, 0.4) is 0 Å². The lowest BCUT2D eigenvalue weighted by Gasteiger charge is -2.07. The molecule has 0 atom stereocenters. The van der Waals surface area contributed by atoms with E-state index < -0.39 is 15.9 Å². The third kappa shape index (κ3) is 6.95. The van der Waals surface area contributed by atoms with Crippen molar-refractivity contribution >= 4 is 33.6 Å². The van der Waals surface area contributed by atoms with E-state index in [1.807, 2.05) is 18.2 Å². The van der Waals surface area contributed by atoms with E-state index in [1.54, 1.807) is 19.1 Å². The Kier molecular flexibility index (Phi) is 7.13. The Morgan fingerprint density at radius 2 is 1.63 bits per heavy atom. The highest BCUT2D eigenvalue weighted by molar-refractivity contribution is 7.95. The second-order valence-corrected chi connectivity index (χ2v) is 7.14. The summed E-state index contributed by atoms with van der Waals surface area (Å²) in [6, 6.07) is 15.0. The lowest BCUT2D eigenvalue weighted by molar-refractivity contribution is -0.120. The fraction of sp³-hybridized carbons (Fsp3) is 0.158. The number of carbonyl (C=O) groups is 2. The monoisotopic (exact) mass is 387 g/mol. The van der Waals surface area contributed by atoms with Crippen molar-refractivity contribution in [3.8, 4) is 0 Å². The van der Waals surface area contributed by atoms with E-state index in [0.29, 0.717) is 17.8 Å². The number of benzene rings is 2. The van der Waals surface area contributed by atoms with Gasteiger partial charge in [0, 0.05) is 17.8 Å². The Morgan fingerprint density at radius 3 is 2.26 bits per heavy atom. The van der Waals surface area contributed by atoms with Gasteiger partial charge in [0.05, 0.1) is 12.0 Å². The third-order valence-electron chi connectivity index (χ3n) is 3.43. The number of hydrogen-bond donors (Lipinski definition) is 3. The highest BCUT2D eigenvalue weighted by atomic mass is 32.2. The van der Waals surface area contributed by atoms with Crippen LogP contribution in [0, 0.1) is 0 Å². The molecule has 0 fully saturated rings. The van der Waals surface area contributed by atoms with E-state index >= 15 is 0 Å². The number of sulfonamides is 1. The molecule has 0 unspecified atom stereocenters. The summed E-state index contributed by atoms with van der Waals surface area (Å²) in [7, 11) is -3.68. The van der Waals surface area contributed by atoms with Crippen LogP contribution in [0.2, 0.25) is 0 Å². The minimum Gasteiger partial charge on any atom is -0.355 e. The summed E-state index contributed by atoms with van der Waals surface area (Å²) in [4.78, 5) is 23.3. The Morgan fingerprint density at radius 1 is 0.963 bits per heavy atom. The summed E-state index contributed by atoms with van der Waals surface area (Å²) < 4.78 is 26.6. The Balaban J connectivity index is 1.95. The van der Waals surface area contributed by atoms with Crippen molar-refractivity contribution in [3.63, 3.8) is 0 Å². The summed E-state index contributed by atoms with van der Waals surface area (Å²) in [5.41, 5.74) is 1.41. The first-order valence-corrected chi connectivity index (χ1v) is 9.85. The molecule has 27 heavy (non-hydrogen) atoms. The lowest BCUT2D eigenvalue weighted by Crippen LogP contribution is -2.36. The molecule has 0 spiro atoms. The molecule has 0 radical (unpaired) electrons. The predicted octanol–water partition coefficient (Wildman–Crippen LogP) is 1.97. The van der Waals surface area contributed by atoms with Crippen LogP contribution >= 0.6 is 0 Å². The van der Waals surface area contributed by atoms with Crippen molar-refractivity contribution in [1.29, 1.82) is 0 Å². The van der Waals surface area contributed by atoms with E-state index in [9.17, 15) is 18.0 Å². The Hall–Kier alpha value is -3.13. The zero-order chi connectivity index (χ0) is 19.7. The van der Waals surface area contributed by atoms with Gasteiger partial charge in [0.25, 0.3) is 15.9 Å².